The van der Waals surface area contributed by atoms with Crippen molar-refractivity contribution in [2.45, 2.75) is 50.6 Å². The summed E-state index contributed by atoms with van der Waals surface area (Å²) in [7, 11) is -1.17. The number of carbonyl (C=O) groups excluding carboxylic acids is 1. The summed E-state index contributed by atoms with van der Waals surface area (Å²) in [6, 6.07) is 6.94. The fourth-order valence-electron chi connectivity index (χ4n) is 2.93. The van der Waals surface area contributed by atoms with Crippen LogP contribution in [-0.2, 0) is 23.8 Å². The van der Waals surface area contributed by atoms with Crippen LogP contribution in [0.5, 0.6) is 0 Å². The second-order valence-electron chi connectivity index (χ2n) is 5.76. The molecule has 2 atom stereocenters. The minimum absolute atomic E-state index is 0.151. The van der Waals surface area contributed by atoms with Crippen molar-refractivity contribution in [1.82, 2.24) is 20.1 Å². The Hall–Kier alpha value is -2.02. The molecule has 0 aliphatic carbocycles. The highest BCUT2D eigenvalue weighted by Gasteiger charge is 2.26. The van der Waals surface area contributed by atoms with Crippen LogP contribution in [0.25, 0.3) is 0 Å². The van der Waals surface area contributed by atoms with Crippen LogP contribution < -0.4 is 5.32 Å². The van der Waals surface area contributed by atoms with Crippen molar-refractivity contribution < 1.29 is 9.00 Å². The van der Waals surface area contributed by atoms with Crippen LogP contribution in [-0.4, -0.2) is 30.6 Å². The van der Waals surface area contributed by atoms with Crippen molar-refractivity contribution in [3.63, 3.8) is 0 Å². The van der Waals surface area contributed by atoms with Gasteiger partial charge in [0.2, 0.25) is 0 Å². The second kappa shape index (κ2) is 7.25. The maximum Gasteiger partial charge on any atom is 0.253 e. The van der Waals surface area contributed by atoms with Gasteiger partial charge in [0.25, 0.3) is 5.91 Å². The fourth-order valence-corrected chi connectivity index (χ4v) is 3.88. The number of aromatic nitrogens is 3. The smallest absolute Gasteiger partial charge is 0.253 e. The Kier molecular flexibility index (Phi) is 5.08. The first-order valence-electron chi connectivity index (χ1n) is 8.35. The van der Waals surface area contributed by atoms with Crippen LogP contribution in [0, 0.1) is 0 Å². The molecule has 1 aromatic carbocycles. The first-order chi connectivity index (χ1) is 11.6. The molecule has 1 aromatic heterocycles. The minimum atomic E-state index is -1.17. The summed E-state index contributed by atoms with van der Waals surface area (Å²) in [6.45, 7) is 4.71. The molecule has 1 aliphatic heterocycles. The maximum atomic E-state index is 12.7. The van der Waals surface area contributed by atoms with E-state index in [0.717, 1.165) is 37.5 Å². The lowest BCUT2D eigenvalue weighted by Gasteiger charge is -2.23. The van der Waals surface area contributed by atoms with Gasteiger partial charge in [-0.25, -0.2) is 9.67 Å². The van der Waals surface area contributed by atoms with Crippen LogP contribution in [0.2, 0.25) is 0 Å². The molecule has 0 saturated heterocycles. The molecule has 0 spiro atoms. The zero-order valence-corrected chi connectivity index (χ0v) is 14.8. The SMILES string of the molecule is CCc1nc2n(n1)CCCC2NC(=O)c1ccccc1S(=O)CC. The zero-order valence-electron chi connectivity index (χ0n) is 14.0. The largest absolute Gasteiger partial charge is 0.342 e. The summed E-state index contributed by atoms with van der Waals surface area (Å²) in [5.74, 6) is 1.91. The molecule has 1 aliphatic rings. The van der Waals surface area contributed by atoms with Crippen LogP contribution in [0.4, 0.5) is 0 Å². The topological polar surface area (TPSA) is 76.9 Å². The van der Waals surface area contributed by atoms with E-state index in [1.54, 1.807) is 18.2 Å². The van der Waals surface area contributed by atoms with E-state index in [1.165, 1.54) is 0 Å². The molecule has 24 heavy (non-hydrogen) atoms. The van der Waals surface area contributed by atoms with Gasteiger partial charge in [0, 0.05) is 18.7 Å². The Bertz CT molecular complexity index is 772. The van der Waals surface area contributed by atoms with E-state index < -0.39 is 10.8 Å². The lowest BCUT2D eigenvalue weighted by atomic mass is 10.1. The first kappa shape index (κ1) is 16.8. The molecule has 1 amide bonds. The molecular formula is C17H22N4O2S. The average molecular weight is 346 g/mol. The summed E-state index contributed by atoms with van der Waals surface area (Å²) in [5, 5.41) is 7.52. The van der Waals surface area contributed by atoms with Gasteiger partial charge in [-0.2, -0.15) is 5.10 Å². The molecule has 0 fully saturated rings. The minimum Gasteiger partial charge on any atom is -0.342 e. The van der Waals surface area contributed by atoms with Crippen LogP contribution in [0.3, 0.4) is 0 Å². The Labute approximate surface area is 144 Å². The van der Waals surface area contributed by atoms with Crippen molar-refractivity contribution in [3.8, 4) is 0 Å². The number of hydrogen-bond acceptors (Lipinski definition) is 4. The van der Waals surface area contributed by atoms with E-state index in [-0.39, 0.29) is 11.9 Å². The van der Waals surface area contributed by atoms with Crippen molar-refractivity contribution >= 4 is 16.7 Å². The summed E-state index contributed by atoms with van der Waals surface area (Å²) < 4.78 is 14.1. The van der Waals surface area contributed by atoms with Gasteiger partial charge in [-0.15, -0.1) is 0 Å². The number of benzene rings is 1. The molecule has 0 saturated carbocycles. The summed E-state index contributed by atoms with van der Waals surface area (Å²) >= 11 is 0. The first-order valence-corrected chi connectivity index (χ1v) is 9.67. The van der Waals surface area contributed by atoms with Gasteiger partial charge < -0.3 is 5.32 Å². The van der Waals surface area contributed by atoms with Crippen molar-refractivity contribution in [2.75, 3.05) is 5.75 Å². The van der Waals surface area contributed by atoms with Crippen LogP contribution in [0.1, 0.15) is 54.7 Å². The Morgan fingerprint density at radius 1 is 1.38 bits per heavy atom. The second-order valence-corrected chi connectivity index (χ2v) is 7.47. The zero-order chi connectivity index (χ0) is 17.1. The monoisotopic (exact) mass is 346 g/mol. The fraction of sp³-hybridized carbons (Fsp3) is 0.471. The van der Waals surface area contributed by atoms with E-state index in [0.29, 0.717) is 16.2 Å². The molecule has 2 aromatic rings. The number of rotatable bonds is 5. The molecule has 2 unspecified atom stereocenters. The Balaban J connectivity index is 1.84. The van der Waals surface area contributed by atoms with Gasteiger partial charge >= 0.3 is 0 Å². The van der Waals surface area contributed by atoms with Crippen LogP contribution in [0.15, 0.2) is 29.2 Å². The van der Waals surface area contributed by atoms with E-state index in [4.69, 9.17) is 0 Å². The summed E-state index contributed by atoms with van der Waals surface area (Å²) in [4.78, 5) is 17.9. The average Bonchev–Trinajstić information content (AvgIpc) is 3.05. The third kappa shape index (κ3) is 3.26. The van der Waals surface area contributed by atoms with Gasteiger partial charge in [-0.05, 0) is 25.0 Å². The van der Waals surface area contributed by atoms with Gasteiger partial charge in [0.1, 0.15) is 5.82 Å². The third-order valence-corrected chi connectivity index (χ3v) is 5.55. The predicted octanol–water partition coefficient (Wildman–Crippen LogP) is 2.23. The number of nitrogens with zero attached hydrogens (tertiary/aromatic N) is 3. The maximum absolute atomic E-state index is 12.7. The molecule has 0 radical (unpaired) electrons. The van der Waals surface area contributed by atoms with E-state index in [1.807, 2.05) is 24.6 Å². The molecule has 6 nitrogen and oxygen atoms in total. The quantitative estimate of drug-likeness (QED) is 0.901. The third-order valence-electron chi connectivity index (χ3n) is 4.18. The van der Waals surface area contributed by atoms with Crippen molar-refractivity contribution in [3.05, 3.63) is 41.5 Å². The summed E-state index contributed by atoms with van der Waals surface area (Å²) in [5.41, 5.74) is 0.477. The van der Waals surface area contributed by atoms with Gasteiger partial charge in [-0.3, -0.25) is 9.00 Å². The van der Waals surface area contributed by atoms with E-state index >= 15 is 0 Å². The number of nitrogens with one attached hydrogen (secondary N) is 1. The van der Waals surface area contributed by atoms with Crippen molar-refractivity contribution in [1.29, 1.82) is 0 Å². The number of fused-ring (bicyclic) bond motifs is 1. The molecular weight excluding hydrogens is 324 g/mol. The van der Waals surface area contributed by atoms with Gasteiger partial charge in [0.15, 0.2) is 5.82 Å². The molecule has 128 valence electrons. The summed E-state index contributed by atoms with van der Waals surface area (Å²) in [6.07, 6.45) is 2.57. The molecule has 0 bridgehead atoms. The predicted molar refractivity (Wildman–Crippen MR) is 92.2 cm³/mol. The van der Waals surface area contributed by atoms with Crippen molar-refractivity contribution in [2.24, 2.45) is 0 Å². The molecule has 1 N–H and O–H groups in total. The molecule has 3 rings (SSSR count). The lowest BCUT2D eigenvalue weighted by Crippen LogP contribution is -2.33. The highest BCUT2D eigenvalue weighted by Crippen LogP contribution is 2.24. The number of hydrogen-bond donors (Lipinski definition) is 1. The molecule has 2 heterocycles. The Morgan fingerprint density at radius 2 is 2.17 bits per heavy atom. The molecule has 7 heteroatoms. The van der Waals surface area contributed by atoms with E-state index in [2.05, 4.69) is 15.4 Å². The Morgan fingerprint density at radius 3 is 2.92 bits per heavy atom. The number of aryl methyl sites for hydroxylation is 2. The number of amides is 1. The van der Waals surface area contributed by atoms with Gasteiger partial charge in [0.05, 0.1) is 27.3 Å². The van der Waals surface area contributed by atoms with Gasteiger partial charge in [-0.1, -0.05) is 26.0 Å². The van der Waals surface area contributed by atoms with E-state index in [9.17, 15) is 9.00 Å². The normalized spacial score (nSPS) is 18.0. The standard InChI is InChI=1S/C17H22N4O2S/c1-3-15-19-16-13(9-7-11-21(16)20-15)18-17(22)12-8-5-6-10-14(12)24(23)4-2/h5-6,8,10,13H,3-4,7,9,11H2,1-2H3,(H,18,22). The van der Waals surface area contributed by atoms with Crippen LogP contribution >= 0.6 is 0 Å². The number of carbonyl (C=O) groups is 1. The highest BCUT2D eigenvalue weighted by molar-refractivity contribution is 7.85. The lowest BCUT2D eigenvalue weighted by molar-refractivity contribution is 0.0924. The highest BCUT2D eigenvalue weighted by atomic mass is 32.2.